The molecule has 0 saturated heterocycles. The van der Waals surface area contributed by atoms with Gasteiger partial charge in [-0.25, -0.2) is 0 Å². The van der Waals surface area contributed by atoms with Gasteiger partial charge in [0.2, 0.25) is 6.54 Å². The van der Waals surface area contributed by atoms with Crippen molar-refractivity contribution in [3.05, 3.63) is 10.1 Å². The first-order valence-electron chi connectivity index (χ1n) is 7.43. The van der Waals surface area contributed by atoms with Crippen LogP contribution in [-0.2, 0) is 19.1 Å². The van der Waals surface area contributed by atoms with Gasteiger partial charge in [0.05, 0.1) is 5.92 Å². The molecule has 126 valence electrons. The van der Waals surface area contributed by atoms with Gasteiger partial charge in [0.1, 0.15) is 5.60 Å². The predicted molar refractivity (Wildman–Crippen MR) is 77.4 cm³/mol. The standard InChI is InChI=1S/C14H25NO4.CO2/c1-5-7-14(10-15(17)18)8-6-11(9-14)12(16)19-13(2,3)4;2-1-3/h11H,5-10H2,1-4H3;/t11-,14?;/m0./s1. The summed E-state index contributed by atoms with van der Waals surface area (Å²) in [5.41, 5.74) is -0.796. The fourth-order valence-corrected chi connectivity index (χ4v) is 3.05. The van der Waals surface area contributed by atoms with E-state index < -0.39 is 5.60 Å². The lowest BCUT2D eigenvalue weighted by atomic mass is 9.81. The summed E-state index contributed by atoms with van der Waals surface area (Å²) in [6, 6.07) is 0. The highest BCUT2D eigenvalue weighted by Gasteiger charge is 2.45. The summed E-state index contributed by atoms with van der Waals surface area (Å²) in [5, 5.41) is 10.8. The van der Waals surface area contributed by atoms with E-state index in [-0.39, 0.29) is 34.9 Å². The van der Waals surface area contributed by atoms with E-state index in [9.17, 15) is 14.9 Å². The molecular weight excluding hydrogens is 290 g/mol. The molecule has 7 heteroatoms. The van der Waals surface area contributed by atoms with Crippen molar-refractivity contribution in [3.63, 3.8) is 0 Å². The molecule has 22 heavy (non-hydrogen) atoms. The van der Waals surface area contributed by atoms with Crippen LogP contribution < -0.4 is 0 Å². The lowest BCUT2D eigenvalue weighted by Gasteiger charge is -2.25. The van der Waals surface area contributed by atoms with Gasteiger partial charge in [-0.3, -0.25) is 14.9 Å². The molecule has 0 aliphatic heterocycles. The highest BCUT2D eigenvalue weighted by Crippen LogP contribution is 2.46. The Morgan fingerprint density at radius 1 is 1.41 bits per heavy atom. The smallest absolute Gasteiger partial charge is 0.373 e. The van der Waals surface area contributed by atoms with Crippen molar-refractivity contribution in [2.24, 2.45) is 11.3 Å². The molecular formula is C15H25NO6. The number of ether oxygens (including phenoxy) is 1. The van der Waals surface area contributed by atoms with Crippen LogP contribution in [0, 0.1) is 21.4 Å². The molecule has 2 atom stereocenters. The number of carbonyl (C=O) groups excluding carboxylic acids is 3. The van der Waals surface area contributed by atoms with Crippen LogP contribution in [0.15, 0.2) is 0 Å². The summed E-state index contributed by atoms with van der Waals surface area (Å²) in [5.74, 6) is -0.375. The predicted octanol–water partition coefficient (Wildman–Crippen LogP) is 2.61. The first kappa shape index (κ1) is 20.2. The van der Waals surface area contributed by atoms with Gasteiger partial charge >= 0.3 is 12.1 Å². The molecule has 1 saturated carbocycles. The molecule has 0 radical (unpaired) electrons. The van der Waals surface area contributed by atoms with Crippen LogP contribution >= 0.6 is 0 Å². The maximum absolute atomic E-state index is 12.0. The van der Waals surface area contributed by atoms with E-state index in [4.69, 9.17) is 14.3 Å². The van der Waals surface area contributed by atoms with E-state index in [1.54, 1.807) is 0 Å². The number of hydrogen-bond acceptors (Lipinski definition) is 6. The molecule has 0 aromatic carbocycles. The van der Waals surface area contributed by atoms with Crippen LogP contribution in [0.2, 0.25) is 0 Å². The van der Waals surface area contributed by atoms with Gasteiger partial charge in [-0.05, 0) is 46.5 Å². The van der Waals surface area contributed by atoms with Crippen LogP contribution in [0.25, 0.3) is 0 Å². The second-order valence-corrected chi connectivity index (χ2v) is 6.80. The lowest BCUT2D eigenvalue weighted by molar-refractivity contribution is -0.497. The third-order valence-electron chi connectivity index (χ3n) is 3.69. The SMILES string of the molecule is CCCC1(C[N+](=O)[O-])CC[C@H](C(=O)OC(C)(C)C)C1.O=C=O. The molecule has 1 rings (SSSR count). The fourth-order valence-electron chi connectivity index (χ4n) is 3.05. The topological polar surface area (TPSA) is 104 Å². The number of rotatable bonds is 5. The maximum Gasteiger partial charge on any atom is 0.373 e. The summed E-state index contributed by atoms with van der Waals surface area (Å²) in [6.45, 7) is 7.53. The Bertz CT molecular complexity index is 422. The van der Waals surface area contributed by atoms with Gasteiger partial charge in [0.25, 0.3) is 0 Å². The average Bonchev–Trinajstić information content (AvgIpc) is 2.71. The van der Waals surface area contributed by atoms with Crippen molar-refractivity contribution in [2.45, 2.75) is 65.4 Å². The molecule has 1 fully saturated rings. The van der Waals surface area contributed by atoms with Gasteiger partial charge in [-0.15, -0.1) is 0 Å². The first-order valence-corrected chi connectivity index (χ1v) is 7.43. The van der Waals surface area contributed by atoms with E-state index in [1.807, 2.05) is 27.7 Å². The molecule has 0 amide bonds. The summed E-state index contributed by atoms with van der Waals surface area (Å²) in [7, 11) is 0. The Kier molecular flexibility index (Phi) is 7.95. The second kappa shape index (κ2) is 8.63. The summed E-state index contributed by atoms with van der Waals surface area (Å²) < 4.78 is 5.39. The molecule has 1 aliphatic carbocycles. The van der Waals surface area contributed by atoms with Crippen molar-refractivity contribution < 1.29 is 24.0 Å². The highest BCUT2D eigenvalue weighted by molar-refractivity contribution is 5.73. The number of esters is 1. The monoisotopic (exact) mass is 315 g/mol. The van der Waals surface area contributed by atoms with Crippen molar-refractivity contribution in [3.8, 4) is 0 Å². The number of hydrogen-bond donors (Lipinski definition) is 0. The van der Waals surface area contributed by atoms with Crippen LogP contribution in [-0.4, -0.2) is 29.2 Å². The van der Waals surface area contributed by atoms with Gasteiger partial charge in [0, 0.05) is 10.3 Å². The highest BCUT2D eigenvalue weighted by atomic mass is 16.6. The summed E-state index contributed by atoms with van der Waals surface area (Å²) in [4.78, 5) is 38.9. The lowest BCUT2D eigenvalue weighted by Crippen LogP contribution is -2.30. The van der Waals surface area contributed by atoms with Crippen molar-refractivity contribution in [1.82, 2.24) is 0 Å². The number of nitrogens with zero attached hydrogens (tertiary/aromatic N) is 1. The third kappa shape index (κ3) is 7.31. The molecule has 1 unspecified atom stereocenters. The Labute approximate surface area is 130 Å². The summed E-state index contributed by atoms with van der Waals surface area (Å²) >= 11 is 0. The average molecular weight is 315 g/mol. The van der Waals surface area contributed by atoms with Crippen molar-refractivity contribution >= 4 is 12.1 Å². The zero-order valence-corrected chi connectivity index (χ0v) is 13.7. The van der Waals surface area contributed by atoms with E-state index in [2.05, 4.69) is 0 Å². The number of carbonyl (C=O) groups is 1. The van der Waals surface area contributed by atoms with Gasteiger partial charge < -0.3 is 4.74 Å². The quantitative estimate of drug-likeness (QED) is 0.439. The second-order valence-electron chi connectivity index (χ2n) is 6.80. The number of nitro groups is 1. The van der Waals surface area contributed by atoms with Crippen LogP contribution in [0.3, 0.4) is 0 Å². The Morgan fingerprint density at radius 2 is 1.95 bits per heavy atom. The molecule has 1 aliphatic rings. The van der Waals surface area contributed by atoms with Gasteiger partial charge in [-0.2, -0.15) is 9.59 Å². The molecule has 0 aromatic rings. The van der Waals surface area contributed by atoms with E-state index in [0.717, 1.165) is 19.3 Å². The zero-order valence-electron chi connectivity index (χ0n) is 13.7. The normalized spacial score (nSPS) is 23.9. The Hall–Kier alpha value is -1.75. The Balaban J connectivity index is 0.00000135. The van der Waals surface area contributed by atoms with Crippen LogP contribution in [0.1, 0.15) is 59.8 Å². The minimum Gasteiger partial charge on any atom is -0.460 e. The third-order valence-corrected chi connectivity index (χ3v) is 3.69. The van der Waals surface area contributed by atoms with Gasteiger partial charge in [0.15, 0.2) is 0 Å². The molecule has 0 N–H and O–H groups in total. The minimum absolute atomic E-state index is 0.0276. The van der Waals surface area contributed by atoms with Crippen molar-refractivity contribution in [1.29, 1.82) is 0 Å². The van der Waals surface area contributed by atoms with E-state index in [0.29, 0.717) is 12.8 Å². The maximum atomic E-state index is 12.0. The Morgan fingerprint density at radius 3 is 2.36 bits per heavy atom. The molecule has 0 aromatic heterocycles. The summed E-state index contributed by atoms with van der Waals surface area (Å²) in [6.07, 6.45) is 4.04. The van der Waals surface area contributed by atoms with Crippen LogP contribution in [0.4, 0.5) is 0 Å². The van der Waals surface area contributed by atoms with Crippen LogP contribution in [0.5, 0.6) is 0 Å². The van der Waals surface area contributed by atoms with E-state index >= 15 is 0 Å². The molecule has 0 spiro atoms. The van der Waals surface area contributed by atoms with Crippen molar-refractivity contribution in [2.75, 3.05) is 6.54 Å². The largest absolute Gasteiger partial charge is 0.460 e. The first-order chi connectivity index (χ1) is 10.1. The van der Waals surface area contributed by atoms with E-state index in [1.165, 1.54) is 0 Å². The minimum atomic E-state index is -0.490. The van der Waals surface area contributed by atoms with Gasteiger partial charge in [-0.1, -0.05) is 13.3 Å². The fraction of sp³-hybridized carbons (Fsp3) is 0.867. The zero-order chi connectivity index (χ0) is 17.4. The molecule has 0 bridgehead atoms. The molecule has 0 heterocycles. The molecule has 7 nitrogen and oxygen atoms in total.